The first-order valence-corrected chi connectivity index (χ1v) is 6.19. The lowest BCUT2D eigenvalue weighted by molar-refractivity contribution is -0.144. The molecule has 1 unspecified atom stereocenters. The largest absolute Gasteiger partial charge is 0.481 e. The van der Waals surface area contributed by atoms with E-state index in [4.69, 9.17) is 5.11 Å². The highest BCUT2D eigenvalue weighted by atomic mass is 16.4. The van der Waals surface area contributed by atoms with Gasteiger partial charge in [0, 0.05) is 12.2 Å². The molecule has 0 aromatic heterocycles. The van der Waals surface area contributed by atoms with Gasteiger partial charge in [0.2, 0.25) is 5.91 Å². The molecule has 0 bridgehead atoms. The molecular weight excluding hydrogens is 230 g/mol. The molecule has 1 N–H and O–H groups in total. The molecule has 0 radical (unpaired) electrons. The van der Waals surface area contributed by atoms with Crippen LogP contribution in [0, 0.1) is 12.8 Å². The van der Waals surface area contributed by atoms with E-state index in [0.717, 1.165) is 23.2 Å². The topological polar surface area (TPSA) is 57.6 Å². The van der Waals surface area contributed by atoms with Crippen LogP contribution < -0.4 is 4.90 Å². The quantitative estimate of drug-likeness (QED) is 0.831. The second kappa shape index (κ2) is 4.80. The molecule has 1 aliphatic rings. The van der Waals surface area contributed by atoms with Crippen LogP contribution in [0.1, 0.15) is 24.5 Å². The average Bonchev–Trinajstić information content (AvgIpc) is 2.70. The maximum absolute atomic E-state index is 12.1. The van der Waals surface area contributed by atoms with Crippen LogP contribution in [0.3, 0.4) is 0 Å². The summed E-state index contributed by atoms with van der Waals surface area (Å²) in [4.78, 5) is 24.7. The summed E-state index contributed by atoms with van der Waals surface area (Å²) >= 11 is 0. The SMILES string of the molecule is CCc1cccc(C)c1N1CCC(C(=O)O)C1=O. The number of aryl methyl sites for hydroxylation is 2. The normalized spacial score (nSPS) is 19.3. The second-order valence-electron chi connectivity index (χ2n) is 4.61. The molecular formula is C14H17NO3. The third-order valence-corrected chi connectivity index (χ3v) is 3.48. The van der Waals surface area contributed by atoms with Gasteiger partial charge in [-0.2, -0.15) is 0 Å². The molecule has 1 aliphatic heterocycles. The van der Waals surface area contributed by atoms with Crippen molar-refractivity contribution in [3.05, 3.63) is 29.3 Å². The van der Waals surface area contributed by atoms with Gasteiger partial charge in [0.05, 0.1) is 0 Å². The highest BCUT2D eigenvalue weighted by Crippen LogP contribution is 2.31. The van der Waals surface area contributed by atoms with Crippen LogP contribution in [0.25, 0.3) is 0 Å². The molecule has 1 amide bonds. The van der Waals surface area contributed by atoms with Crippen LogP contribution in [0.2, 0.25) is 0 Å². The molecule has 0 saturated carbocycles. The van der Waals surface area contributed by atoms with E-state index in [2.05, 4.69) is 0 Å². The summed E-state index contributed by atoms with van der Waals surface area (Å²) < 4.78 is 0. The molecule has 1 aromatic carbocycles. The van der Waals surface area contributed by atoms with Gasteiger partial charge in [-0.25, -0.2) is 0 Å². The van der Waals surface area contributed by atoms with Crippen LogP contribution in [0.15, 0.2) is 18.2 Å². The Balaban J connectivity index is 2.39. The third kappa shape index (κ3) is 1.98. The Kier molecular flexibility index (Phi) is 3.36. The zero-order valence-corrected chi connectivity index (χ0v) is 10.6. The molecule has 2 rings (SSSR count). The first-order chi connectivity index (χ1) is 8.56. The van der Waals surface area contributed by atoms with Crippen molar-refractivity contribution in [2.24, 2.45) is 5.92 Å². The maximum atomic E-state index is 12.1. The molecule has 1 atom stereocenters. The molecule has 0 spiro atoms. The first-order valence-electron chi connectivity index (χ1n) is 6.19. The molecule has 1 fully saturated rings. The molecule has 4 nitrogen and oxygen atoms in total. The van der Waals surface area contributed by atoms with E-state index in [1.807, 2.05) is 32.0 Å². The van der Waals surface area contributed by atoms with Crippen LogP contribution in [-0.4, -0.2) is 23.5 Å². The molecule has 96 valence electrons. The number of rotatable bonds is 3. The Bertz CT molecular complexity index is 496. The van der Waals surface area contributed by atoms with E-state index < -0.39 is 11.9 Å². The van der Waals surface area contributed by atoms with Gasteiger partial charge in [0.1, 0.15) is 5.92 Å². The number of benzene rings is 1. The van der Waals surface area contributed by atoms with Gasteiger partial charge < -0.3 is 10.0 Å². The molecule has 4 heteroatoms. The zero-order valence-electron chi connectivity index (χ0n) is 10.6. The number of carbonyl (C=O) groups excluding carboxylic acids is 1. The van der Waals surface area contributed by atoms with Crippen molar-refractivity contribution < 1.29 is 14.7 Å². The van der Waals surface area contributed by atoms with E-state index in [9.17, 15) is 9.59 Å². The van der Waals surface area contributed by atoms with Gasteiger partial charge in [0.15, 0.2) is 0 Å². The standard InChI is InChI=1S/C14H17NO3/c1-3-10-6-4-5-9(2)12(10)15-8-7-11(13(15)16)14(17)18/h4-6,11H,3,7-8H2,1-2H3,(H,17,18). The van der Waals surface area contributed by atoms with Crippen LogP contribution in [0.5, 0.6) is 0 Å². The van der Waals surface area contributed by atoms with Gasteiger partial charge in [-0.05, 0) is 30.9 Å². The number of amides is 1. The van der Waals surface area contributed by atoms with Gasteiger partial charge in [-0.1, -0.05) is 25.1 Å². The fraction of sp³-hybridized carbons (Fsp3) is 0.429. The predicted molar refractivity (Wildman–Crippen MR) is 68.7 cm³/mol. The van der Waals surface area contributed by atoms with Crippen molar-refractivity contribution in [3.8, 4) is 0 Å². The van der Waals surface area contributed by atoms with Crippen molar-refractivity contribution >= 4 is 17.6 Å². The first kappa shape index (κ1) is 12.6. The lowest BCUT2D eigenvalue weighted by Crippen LogP contribution is -2.31. The van der Waals surface area contributed by atoms with Crippen LogP contribution in [0.4, 0.5) is 5.69 Å². The van der Waals surface area contributed by atoms with Crippen molar-refractivity contribution in [3.63, 3.8) is 0 Å². The maximum Gasteiger partial charge on any atom is 0.316 e. The predicted octanol–water partition coefficient (Wildman–Crippen LogP) is 1.99. The summed E-state index contributed by atoms with van der Waals surface area (Å²) in [5.41, 5.74) is 3.01. The van der Waals surface area contributed by atoms with Crippen LogP contribution >= 0.6 is 0 Å². The minimum atomic E-state index is -1.02. The summed E-state index contributed by atoms with van der Waals surface area (Å²) in [6.45, 7) is 4.48. The summed E-state index contributed by atoms with van der Waals surface area (Å²) in [6.07, 6.45) is 1.23. The third-order valence-electron chi connectivity index (χ3n) is 3.48. The minimum absolute atomic E-state index is 0.286. The summed E-state index contributed by atoms with van der Waals surface area (Å²) in [5, 5.41) is 9.00. The van der Waals surface area contributed by atoms with E-state index in [-0.39, 0.29) is 5.91 Å². The fourth-order valence-electron chi connectivity index (χ4n) is 2.52. The lowest BCUT2D eigenvalue weighted by Gasteiger charge is -2.22. The summed E-state index contributed by atoms with van der Waals surface area (Å²) in [6, 6.07) is 5.91. The minimum Gasteiger partial charge on any atom is -0.481 e. The van der Waals surface area contributed by atoms with Crippen molar-refractivity contribution in [1.82, 2.24) is 0 Å². The molecule has 1 saturated heterocycles. The Morgan fingerprint density at radius 3 is 2.78 bits per heavy atom. The number of hydrogen-bond donors (Lipinski definition) is 1. The number of anilines is 1. The second-order valence-corrected chi connectivity index (χ2v) is 4.61. The monoisotopic (exact) mass is 247 g/mol. The highest BCUT2D eigenvalue weighted by Gasteiger charge is 2.38. The number of carboxylic acid groups (broad SMARTS) is 1. The van der Waals surface area contributed by atoms with E-state index in [0.29, 0.717) is 13.0 Å². The van der Waals surface area contributed by atoms with E-state index in [1.165, 1.54) is 0 Å². The number of para-hydroxylation sites is 1. The number of carbonyl (C=O) groups is 2. The number of nitrogens with zero attached hydrogens (tertiary/aromatic N) is 1. The van der Waals surface area contributed by atoms with E-state index in [1.54, 1.807) is 4.90 Å². The number of hydrogen-bond acceptors (Lipinski definition) is 2. The van der Waals surface area contributed by atoms with Gasteiger partial charge >= 0.3 is 5.97 Å². The van der Waals surface area contributed by atoms with Gasteiger partial charge in [0.25, 0.3) is 0 Å². The number of aliphatic carboxylic acids is 1. The molecule has 1 aromatic rings. The Morgan fingerprint density at radius 2 is 2.22 bits per heavy atom. The Labute approximate surface area is 106 Å². The average molecular weight is 247 g/mol. The van der Waals surface area contributed by atoms with Crippen LogP contribution in [-0.2, 0) is 16.0 Å². The zero-order chi connectivity index (χ0) is 13.3. The van der Waals surface area contributed by atoms with Crippen molar-refractivity contribution in [1.29, 1.82) is 0 Å². The smallest absolute Gasteiger partial charge is 0.316 e. The van der Waals surface area contributed by atoms with Gasteiger partial charge in [-0.15, -0.1) is 0 Å². The lowest BCUT2D eigenvalue weighted by atomic mass is 10.0. The molecule has 18 heavy (non-hydrogen) atoms. The van der Waals surface area contributed by atoms with Crippen molar-refractivity contribution in [2.45, 2.75) is 26.7 Å². The Hall–Kier alpha value is -1.84. The Morgan fingerprint density at radius 1 is 1.50 bits per heavy atom. The molecule has 1 heterocycles. The summed E-state index contributed by atoms with van der Waals surface area (Å²) in [5.74, 6) is -2.19. The fourth-order valence-corrected chi connectivity index (χ4v) is 2.52. The van der Waals surface area contributed by atoms with Gasteiger partial charge in [-0.3, -0.25) is 9.59 Å². The summed E-state index contributed by atoms with van der Waals surface area (Å²) in [7, 11) is 0. The van der Waals surface area contributed by atoms with E-state index >= 15 is 0 Å². The van der Waals surface area contributed by atoms with Crippen molar-refractivity contribution in [2.75, 3.05) is 11.4 Å². The molecule has 0 aliphatic carbocycles. The highest BCUT2D eigenvalue weighted by molar-refractivity contribution is 6.08. The number of carboxylic acids is 1.